The standard InChI is InChI=1S/C19H25BrN2O2/c20-17-7-5-15(6-8-17)19(24)21-11-9-18(23)22-12-10-14-3-1-2-4-16(14)13-22/h5-8,14,16H,1-4,9-13H2,(H,21,24)/t14-,16-/m0/s1. The predicted molar refractivity (Wildman–Crippen MR) is 97.7 cm³/mol. The normalized spacial score (nSPS) is 23.5. The molecule has 24 heavy (non-hydrogen) atoms. The maximum Gasteiger partial charge on any atom is 0.251 e. The predicted octanol–water partition coefficient (Wildman–Crippen LogP) is 3.61. The second-order valence-electron chi connectivity index (χ2n) is 6.95. The summed E-state index contributed by atoms with van der Waals surface area (Å²) in [6.07, 6.45) is 6.83. The van der Waals surface area contributed by atoms with Crippen LogP contribution < -0.4 is 5.32 Å². The third-order valence-corrected chi connectivity index (χ3v) is 5.90. The minimum absolute atomic E-state index is 0.124. The van der Waals surface area contributed by atoms with E-state index >= 15 is 0 Å². The Morgan fingerprint density at radius 2 is 1.79 bits per heavy atom. The third kappa shape index (κ3) is 4.38. The van der Waals surface area contributed by atoms with Crippen LogP contribution in [-0.2, 0) is 4.79 Å². The molecule has 1 saturated carbocycles. The fourth-order valence-electron chi connectivity index (χ4n) is 3.97. The number of nitrogens with zero attached hydrogens (tertiary/aromatic N) is 1. The zero-order valence-electron chi connectivity index (χ0n) is 14.0. The van der Waals surface area contributed by atoms with Gasteiger partial charge in [0.15, 0.2) is 0 Å². The number of piperidine rings is 1. The smallest absolute Gasteiger partial charge is 0.251 e. The Morgan fingerprint density at radius 3 is 2.54 bits per heavy atom. The lowest BCUT2D eigenvalue weighted by atomic mass is 9.75. The number of hydrogen-bond donors (Lipinski definition) is 1. The number of hydrogen-bond acceptors (Lipinski definition) is 2. The van der Waals surface area contributed by atoms with Gasteiger partial charge in [-0.25, -0.2) is 0 Å². The van der Waals surface area contributed by atoms with E-state index in [2.05, 4.69) is 21.2 Å². The van der Waals surface area contributed by atoms with Gasteiger partial charge in [0, 0.05) is 36.1 Å². The van der Waals surface area contributed by atoms with Crippen LogP contribution in [0.2, 0.25) is 0 Å². The van der Waals surface area contributed by atoms with Gasteiger partial charge in [0.1, 0.15) is 0 Å². The number of rotatable bonds is 4. The van der Waals surface area contributed by atoms with Crippen LogP contribution in [0.5, 0.6) is 0 Å². The summed E-state index contributed by atoms with van der Waals surface area (Å²) in [5.41, 5.74) is 0.619. The van der Waals surface area contributed by atoms with Crippen LogP contribution in [0.3, 0.4) is 0 Å². The summed E-state index contributed by atoms with van der Waals surface area (Å²) in [6.45, 7) is 2.21. The molecule has 2 fully saturated rings. The highest BCUT2D eigenvalue weighted by Gasteiger charge is 2.32. The molecule has 4 nitrogen and oxygen atoms in total. The van der Waals surface area contributed by atoms with Crippen LogP contribution in [-0.4, -0.2) is 36.3 Å². The molecule has 1 heterocycles. The van der Waals surface area contributed by atoms with Crippen LogP contribution in [0.4, 0.5) is 0 Å². The monoisotopic (exact) mass is 392 g/mol. The zero-order valence-corrected chi connectivity index (χ0v) is 15.6. The van der Waals surface area contributed by atoms with Crippen molar-refractivity contribution in [3.63, 3.8) is 0 Å². The van der Waals surface area contributed by atoms with Crippen molar-refractivity contribution in [2.24, 2.45) is 11.8 Å². The van der Waals surface area contributed by atoms with Crippen LogP contribution in [0.1, 0.15) is 48.9 Å². The molecule has 0 unspecified atom stereocenters. The van der Waals surface area contributed by atoms with E-state index in [-0.39, 0.29) is 11.8 Å². The summed E-state index contributed by atoms with van der Waals surface area (Å²) in [5.74, 6) is 1.59. The van der Waals surface area contributed by atoms with Crippen molar-refractivity contribution in [1.29, 1.82) is 0 Å². The number of amides is 2. The van der Waals surface area contributed by atoms with Crippen molar-refractivity contribution < 1.29 is 9.59 Å². The first kappa shape index (κ1) is 17.5. The molecule has 0 bridgehead atoms. The molecule has 2 aliphatic rings. The first-order chi connectivity index (χ1) is 11.6. The quantitative estimate of drug-likeness (QED) is 0.850. The third-order valence-electron chi connectivity index (χ3n) is 5.37. The molecular formula is C19H25BrN2O2. The summed E-state index contributed by atoms with van der Waals surface area (Å²) < 4.78 is 0.945. The molecule has 1 aliphatic carbocycles. The molecule has 0 radical (unpaired) electrons. The Morgan fingerprint density at radius 1 is 1.08 bits per heavy atom. The zero-order chi connectivity index (χ0) is 16.9. The van der Waals surface area contributed by atoms with Crippen molar-refractivity contribution >= 4 is 27.7 Å². The largest absolute Gasteiger partial charge is 0.352 e. The van der Waals surface area contributed by atoms with Crippen molar-refractivity contribution in [3.05, 3.63) is 34.3 Å². The molecular weight excluding hydrogens is 368 g/mol. The van der Waals surface area contributed by atoms with Gasteiger partial charge in [-0.2, -0.15) is 0 Å². The maximum absolute atomic E-state index is 12.4. The first-order valence-corrected chi connectivity index (χ1v) is 9.74. The average Bonchev–Trinajstić information content (AvgIpc) is 2.61. The van der Waals surface area contributed by atoms with Gasteiger partial charge >= 0.3 is 0 Å². The number of likely N-dealkylation sites (tertiary alicyclic amines) is 1. The second kappa shape index (κ2) is 8.15. The van der Waals surface area contributed by atoms with Crippen LogP contribution in [0.15, 0.2) is 28.7 Å². The number of fused-ring (bicyclic) bond motifs is 1. The van der Waals surface area contributed by atoms with Crippen molar-refractivity contribution in [2.45, 2.75) is 38.5 Å². The van der Waals surface area contributed by atoms with Gasteiger partial charge in [-0.05, 0) is 48.9 Å². The second-order valence-corrected chi connectivity index (χ2v) is 7.86. The van der Waals surface area contributed by atoms with Gasteiger partial charge in [-0.3, -0.25) is 9.59 Å². The Labute approximate surface area is 152 Å². The summed E-state index contributed by atoms with van der Waals surface area (Å²) in [4.78, 5) is 26.5. The van der Waals surface area contributed by atoms with E-state index in [1.165, 1.54) is 25.7 Å². The molecule has 0 spiro atoms. The van der Waals surface area contributed by atoms with Gasteiger partial charge in [-0.15, -0.1) is 0 Å². The number of nitrogens with one attached hydrogen (secondary N) is 1. The lowest BCUT2D eigenvalue weighted by Crippen LogP contribution is -2.45. The highest BCUT2D eigenvalue weighted by molar-refractivity contribution is 9.10. The minimum Gasteiger partial charge on any atom is -0.352 e. The van der Waals surface area contributed by atoms with E-state index in [0.29, 0.717) is 24.4 Å². The van der Waals surface area contributed by atoms with E-state index < -0.39 is 0 Å². The van der Waals surface area contributed by atoms with Crippen molar-refractivity contribution in [2.75, 3.05) is 19.6 Å². The number of carbonyl (C=O) groups excluding carboxylic acids is 2. The molecule has 130 valence electrons. The Bertz CT molecular complexity index is 588. The molecule has 1 saturated heterocycles. The highest BCUT2D eigenvalue weighted by Crippen LogP contribution is 2.36. The van der Waals surface area contributed by atoms with Crippen molar-refractivity contribution in [3.8, 4) is 0 Å². The fourth-order valence-corrected chi connectivity index (χ4v) is 4.24. The molecule has 0 aromatic heterocycles. The van der Waals surface area contributed by atoms with Crippen molar-refractivity contribution in [1.82, 2.24) is 10.2 Å². The molecule has 1 aromatic rings. The van der Waals surface area contributed by atoms with Crippen LogP contribution in [0.25, 0.3) is 0 Å². The lowest BCUT2D eigenvalue weighted by Gasteiger charge is -2.41. The van der Waals surface area contributed by atoms with Gasteiger partial charge in [0.2, 0.25) is 5.91 Å². The molecule has 1 N–H and O–H groups in total. The van der Waals surface area contributed by atoms with E-state index in [1.54, 1.807) is 12.1 Å². The molecule has 5 heteroatoms. The van der Waals surface area contributed by atoms with Gasteiger partial charge in [0.25, 0.3) is 5.91 Å². The summed E-state index contributed by atoms with van der Waals surface area (Å²) in [6, 6.07) is 7.23. The van der Waals surface area contributed by atoms with E-state index in [9.17, 15) is 9.59 Å². The van der Waals surface area contributed by atoms with Gasteiger partial charge < -0.3 is 10.2 Å². The summed E-state index contributed by atoms with van der Waals surface area (Å²) in [7, 11) is 0. The Balaban J connectivity index is 1.42. The lowest BCUT2D eigenvalue weighted by molar-refractivity contribution is -0.134. The molecule has 1 aliphatic heterocycles. The minimum atomic E-state index is -0.124. The fraction of sp³-hybridized carbons (Fsp3) is 0.579. The van der Waals surface area contributed by atoms with Crippen LogP contribution >= 0.6 is 15.9 Å². The molecule has 1 aromatic carbocycles. The number of benzene rings is 1. The van der Waals surface area contributed by atoms with Gasteiger partial charge in [-0.1, -0.05) is 35.2 Å². The van der Waals surface area contributed by atoms with E-state index in [4.69, 9.17) is 0 Å². The SMILES string of the molecule is O=C(NCCC(=O)N1CC[C@@H]2CCCC[C@H]2C1)c1ccc(Br)cc1. The topological polar surface area (TPSA) is 49.4 Å². The molecule has 2 atom stereocenters. The Kier molecular flexibility index (Phi) is 5.93. The summed E-state index contributed by atoms with van der Waals surface area (Å²) in [5, 5.41) is 2.84. The maximum atomic E-state index is 12.4. The van der Waals surface area contributed by atoms with Crippen LogP contribution in [0, 0.1) is 11.8 Å². The molecule has 2 amide bonds. The number of carbonyl (C=O) groups is 2. The average molecular weight is 393 g/mol. The number of halogens is 1. The van der Waals surface area contributed by atoms with E-state index in [1.807, 2.05) is 17.0 Å². The summed E-state index contributed by atoms with van der Waals surface area (Å²) >= 11 is 3.35. The van der Waals surface area contributed by atoms with Gasteiger partial charge in [0.05, 0.1) is 0 Å². The van der Waals surface area contributed by atoms with E-state index in [0.717, 1.165) is 29.9 Å². The molecule has 3 rings (SSSR count). The Hall–Kier alpha value is -1.36. The first-order valence-electron chi connectivity index (χ1n) is 8.95. The highest BCUT2D eigenvalue weighted by atomic mass is 79.9.